The lowest BCUT2D eigenvalue weighted by Gasteiger charge is -2.35. The van der Waals surface area contributed by atoms with Crippen molar-refractivity contribution in [3.8, 4) is 5.75 Å². The molecular weight excluding hydrogens is 380 g/mol. The van der Waals surface area contributed by atoms with Crippen LogP contribution in [0.4, 0.5) is 10.5 Å². The summed E-state index contributed by atoms with van der Waals surface area (Å²) in [6.07, 6.45) is 0.316. The number of carbonyl (C=O) groups excluding carboxylic acids is 2. The van der Waals surface area contributed by atoms with Gasteiger partial charge in [-0.2, -0.15) is 0 Å². The molecule has 0 aliphatic carbocycles. The van der Waals surface area contributed by atoms with Gasteiger partial charge in [-0.05, 0) is 17.7 Å². The highest BCUT2D eigenvalue weighted by Crippen LogP contribution is 2.25. The summed E-state index contributed by atoms with van der Waals surface area (Å²) in [5, 5.41) is 3.05. The van der Waals surface area contributed by atoms with Gasteiger partial charge in [0.1, 0.15) is 5.75 Å². The third kappa shape index (κ3) is 4.74. The number of anilines is 1. The lowest BCUT2D eigenvalue weighted by atomic mass is 10.2. The molecule has 0 aromatic heterocycles. The number of nitrogens with one attached hydrogen (secondary N) is 1. The summed E-state index contributed by atoms with van der Waals surface area (Å²) in [6.45, 7) is 4.47. The van der Waals surface area contributed by atoms with E-state index in [-0.39, 0.29) is 18.0 Å². The molecule has 1 atom stereocenters. The van der Waals surface area contributed by atoms with Gasteiger partial charge in [0, 0.05) is 57.4 Å². The average Bonchev–Trinajstić information content (AvgIpc) is 3.15. The Kier molecular flexibility index (Phi) is 6.18. The Balaban J connectivity index is 1.27. The van der Waals surface area contributed by atoms with E-state index in [0.717, 1.165) is 25.3 Å². The van der Waals surface area contributed by atoms with Gasteiger partial charge in [0.05, 0.1) is 13.2 Å². The van der Waals surface area contributed by atoms with Crippen molar-refractivity contribution in [2.45, 2.75) is 19.0 Å². The van der Waals surface area contributed by atoms with Crippen LogP contribution in [0.15, 0.2) is 54.6 Å². The van der Waals surface area contributed by atoms with Crippen molar-refractivity contribution < 1.29 is 14.3 Å². The molecule has 2 saturated heterocycles. The fourth-order valence-electron chi connectivity index (χ4n) is 4.05. The summed E-state index contributed by atoms with van der Waals surface area (Å²) in [7, 11) is 1.60. The fourth-order valence-corrected chi connectivity index (χ4v) is 4.05. The topological polar surface area (TPSA) is 65.1 Å². The Bertz CT molecular complexity index is 881. The monoisotopic (exact) mass is 408 g/mol. The number of hydrogen-bond donors (Lipinski definition) is 1. The van der Waals surface area contributed by atoms with Crippen LogP contribution < -0.4 is 15.0 Å². The second-order valence-corrected chi connectivity index (χ2v) is 7.81. The molecule has 0 radical (unpaired) electrons. The number of urea groups is 1. The number of carbonyl (C=O) groups is 2. The van der Waals surface area contributed by atoms with Crippen LogP contribution in [0, 0.1) is 0 Å². The minimum atomic E-state index is -0.182. The number of rotatable bonds is 5. The number of ether oxygens (including phenoxy) is 1. The van der Waals surface area contributed by atoms with E-state index in [0.29, 0.717) is 31.8 Å². The van der Waals surface area contributed by atoms with Gasteiger partial charge in [0.15, 0.2) is 0 Å². The lowest BCUT2D eigenvalue weighted by molar-refractivity contribution is -0.117. The summed E-state index contributed by atoms with van der Waals surface area (Å²) in [6, 6.07) is 17.6. The van der Waals surface area contributed by atoms with Gasteiger partial charge in [-0.1, -0.05) is 36.4 Å². The first-order valence-electron chi connectivity index (χ1n) is 10.4. The quantitative estimate of drug-likeness (QED) is 0.825. The van der Waals surface area contributed by atoms with E-state index in [1.165, 1.54) is 5.56 Å². The predicted octanol–water partition coefficient (Wildman–Crippen LogP) is 2.33. The molecule has 3 amide bonds. The van der Waals surface area contributed by atoms with Crippen molar-refractivity contribution in [2.24, 2.45) is 0 Å². The molecule has 0 unspecified atom stereocenters. The van der Waals surface area contributed by atoms with Crippen molar-refractivity contribution >= 4 is 17.6 Å². The molecule has 7 nitrogen and oxygen atoms in total. The molecule has 7 heteroatoms. The zero-order chi connectivity index (χ0) is 20.9. The highest BCUT2D eigenvalue weighted by atomic mass is 16.5. The second-order valence-electron chi connectivity index (χ2n) is 7.81. The number of hydrogen-bond acceptors (Lipinski definition) is 4. The van der Waals surface area contributed by atoms with Crippen LogP contribution in [0.1, 0.15) is 12.0 Å². The molecular formula is C23H28N4O3. The molecule has 0 bridgehead atoms. The first kappa shape index (κ1) is 20.2. The molecule has 2 aromatic carbocycles. The first-order chi connectivity index (χ1) is 14.6. The predicted molar refractivity (Wildman–Crippen MR) is 116 cm³/mol. The molecule has 2 aromatic rings. The van der Waals surface area contributed by atoms with Crippen LogP contribution in [-0.4, -0.2) is 67.6 Å². The third-order valence-corrected chi connectivity index (χ3v) is 5.73. The molecule has 158 valence electrons. The maximum atomic E-state index is 12.7. The summed E-state index contributed by atoms with van der Waals surface area (Å²) in [5.41, 5.74) is 2.09. The van der Waals surface area contributed by atoms with Gasteiger partial charge in [0.25, 0.3) is 0 Å². The number of benzene rings is 2. The Morgan fingerprint density at radius 1 is 1.07 bits per heavy atom. The van der Waals surface area contributed by atoms with Gasteiger partial charge in [-0.25, -0.2) is 4.79 Å². The van der Waals surface area contributed by atoms with Crippen molar-refractivity contribution in [3.63, 3.8) is 0 Å². The Morgan fingerprint density at radius 3 is 2.57 bits per heavy atom. The maximum Gasteiger partial charge on any atom is 0.317 e. The molecule has 30 heavy (non-hydrogen) atoms. The third-order valence-electron chi connectivity index (χ3n) is 5.73. The highest BCUT2D eigenvalue weighted by molar-refractivity contribution is 5.97. The van der Waals surface area contributed by atoms with E-state index in [9.17, 15) is 9.59 Å². The van der Waals surface area contributed by atoms with E-state index in [2.05, 4.69) is 34.5 Å². The summed E-state index contributed by atoms with van der Waals surface area (Å²) < 4.78 is 5.25. The van der Waals surface area contributed by atoms with Gasteiger partial charge in [0.2, 0.25) is 5.91 Å². The largest absolute Gasteiger partial charge is 0.497 e. The number of amides is 3. The Morgan fingerprint density at radius 2 is 1.83 bits per heavy atom. The van der Waals surface area contributed by atoms with E-state index in [1.807, 2.05) is 35.2 Å². The van der Waals surface area contributed by atoms with Crippen molar-refractivity contribution in [1.82, 2.24) is 15.1 Å². The molecule has 2 fully saturated rings. The van der Waals surface area contributed by atoms with Crippen molar-refractivity contribution in [1.29, 1.82) is 0 Å². The first-order valence-corrected chi connectivity index (χ1v) is 10.4. The smallest absolute Gasteiger partial charge is 0.317 e. The van der Waals surface area contributed by atoms with Crippen molar-refractivity contribution in [2.75, 3.05) is 44.7 Å². The van der Waals surface area contributed by atoms with Crippen LogP contribution in [0.25, 0.3) is 0 Å². The molecule has 1 N–H and O–H groups in total. The minimum absolute atomic E-state index is 0.0150. The number of methoxy groups -OCH3 is 1. The summed E-state index contributed by atoms with van der Waals surface area (Å²) >= 11 is 0. The van der Waals surface area contributed by atoms with Crippen LogP contribution >= 0.6 is 0 Å². The SMILES string of the molecule is COc1cccc(N2C[C@H](NC(=O)N3CCN(Cc4ccccc4)CC3)CC2=O)c1. The van der Waals surface area contributed by atoms with Crippen LogP contribution in [0.5, 0.6) is 5.75 Å². The van der Waals surface area contributed by atoms with E-state index >= 15 is 0 Å². The number of piperazine rings is 1. The normalized spacial score (nSPS) is 19.8. The minimum Gasteiger partial charge on any atom is -0.497 e. The Labute approximate surface area is 177 Å². The van der Waals surface area contributed by atoms with Gasteiger partial charge < -0.3 is 19.9 Å². The highest BCUT2D eigenvalue weighted by Gasteiger charge is 2.33. The van der Waals surface area contributed by atoms with Gasteiger partial charge >= 0.3 is 6.03 Å². The van der Waals surface area contributed by atoms with Crippen molar-refractivity contribution in [3.05, 3.63) is 60.2 Å². The average molecular weight is 409 g/mol. The summed E-state index contributed by atoms with van der Waals surface area (Å²) in [5.74, 6) is 0.724. The van der Waals surface area contributed by atoms with E-state index in [4.69, 9.17) is 4.74 Å². The molecule has 2 heterocycles. The van der Waals surface area contributed by atoms with Crippen LogP contribution in [0.2, 0.25) is 0 Å². The van der Waals surface area contributed by atoms with Crippen LogP contribution in [-0.2, 0) is 11.3 Å². The molecule has 2 aliphatic rings. The standard InChI is InChI=1S/C23H28N4O3/c1-30-21-9-5-8-20(15-21)27-17-19(14-22(27)28)24-23(29)26-12-10-25(11-13-26)16-18-6-3-2-4-7-18/h2-9,15,19H,10-14,16-17H2,1H3,(H,24,29)/t19-/m1/s1. The Hall–Kier alpha value is -3.06. The van der Waals surface area contributed by atoms with E-state index in [1.54, 1.807) is 12.0 Å². The lowest BCUT2D eigenvalue weighted by Crippen LogP contribution is -2.53. The molecule has 2 aliphatic heterocycles. The number of nitrogens with zero attached hydrogens (tertiary/aromatic N) is 3. The van der Waals surface area contributed by atoms with Gasteiger partial charge in [-0.15, -0.1) is 0 Å². The maximum absolute atomic E-state index is 12.7. The van der Waals surface area contributed by atoms with Gasteiger partial charge in [-0.3, -0.25) is 9.69 Å². The fraction of sp³-hybridized carbons (Fsp3) is 0.391. The molecule has 4 rings (SSSR count). The summed E-state index contributed by atoms with van der Waals surface area (Å²) in [4.78, 5) is 31.1. The zero-order valence-electron chi connectivity index (χ0n) is 17.3. The molecule has 0 spiro atoms. The molecule has 0 saturated carbocycles. The van der Waals surface area contributed by atoms with Crippen LogP contribution in [0.3, 0.4) is 0 Å². The van der Waals surface area contributed by atoms with E-state index < -0.39 is 0 Å². The zero-order valence-corrected chi connectivity index (χ0v) is 17.3. The second kappa shape index (κ2) is 9.17.